The monoisotopic (exact) mass is 471 g/mol. The van der Waals surface area contributed by atoms with Crippen LogP contribution in [0.4, 0.5) is 8.78 Å². The molecule has 0 unspecified atom stereocenters. The van der Waals surface area contributed by atoms with Gasteiger partial charge in [-0.25, -0.2) is 0 Å². The average molecular weight is 472 g/mol. The minimum Gasteiger partial charge on any atom is -0.591 e. The Bertz CT molecular complexity index is 834. The van der Waals surface area contributed by atoms with Gasteiger partial charge in [-0.1, -0.05) is 4.40 Å². The van der Waals surface area contributed by atoms with Crippen molar-refractivity contribution >= 4 is 23.0 Å². The highest BCUT2D eigenvalue weighted by Gasteiger charge is 2.38. The van der Waals surface area contributed by atoms with E-state index in [1.165, 1.54) is 12.1 Å². The van der Waals surface area contributed by atoms with Crippen molar-refractivity contribution in [1.29, 1.82) is 0 Å². The molecule has 0 amide bonds. The quantitative estimate of drug-likeness (QED) is 0.428. The van der Waals surface area contributed by atoms with Crippen molar-refractivity contribution in [2.45, 2.75) is 77.3 Å². The third kappa shape index (κ3) is 6.13. The third-order valence-electron chi connectivity index (χ3n) is 5.80. The van der Waals surface area contributed by atoms with E-state index in [1.807, 2.05) is 20.8 Å². The van der Waals surface area contributed by atoms with E-state index in [2.05, 4.69) is 9.13 Å². The molecule has 0 bridgehead atoms. The van der Waals surface area contributed by atoms with Crippen LogP contribution in [0.25, 0.3) is 0 Å². The first kappa shape index (κ1) is 24.8. The van der Waals surface area contributed by atoms with E-state index in [0.717, 1.165) is 12.8 Å². The second-order valence-electron chi connectivity index (χ2n) is 9.16. The summed E-state index contributed by atoms with van der Waals surface area (Å²) in [6, 6.07) is 4.50. The molecule has 1 heterocycles. The van der Waals surface area contributed by atoms with Crippen LogP contribution in [0.2, 0.25) is 0 Å². The van der Waals surface area contributed by atoms with Gasteiger partial charge < -0.3 is 18.8 Å². The molecule has 1 aliphatic carbocycles. The lowest BCUT2D eigenvalue weighted by Gasteiger charge is -2.36. The molecule has 2 atom stereocenters. The zero-order valence-corrected chi connectivity index (χ0v) is 19.8. The summed E-state index contributed by atoms with van der Waals surface area (Å²) in [5, 5.41) is 0. The molecule has 9 heteroatoms. The number of benzene rings is 1. The van der Waals surface area contributed by atoms with Gasteiger partial charge in [0.05, 0.1) is 12.5 Å². The van der Waals surface area contributed by atoms with Gasteiger partial charge in [0.1, 0.15) is 39.4 Å². The Labute approximate surface area is 191 Å². The van der Waals surface area contributed by atoms with Gasteiger partial charge in [-0.15, -0.1) is 0 Å². The van der Waals surface area contributed by atoms with Crippen molar-refractivity contribution in [1.82, 2.24) is 0 Å². The van der Waals surface area contributed by atoms with Crippen molar-refractivity contribution < 1.29 is 32.3 Å². The Balaban J connectivity index is 1.83. The molecule has 1 saturated carbocycles. The first-order valence-electron chi connectivity index (χ1n) is 11.0. The standard InChI is InChI=1S/C23H31F2NO5S/c1-5-29-21(27)15-8-6-14(7-9-15)19-13-18(26-32(28)23(2,3)4)17-11-10-16(30-22(24)25)12-20(17)31-19/h10-12,14-15,19,22H,5-9,13H2,1-4H3/t14?,15?,19-,32+/m0/s1. The number of hydrogen-bond acceptors (Lipinski definition) is 6. The maximum Gasteiger partial charge on any atom is 0.387 e. The average Bonchev–Trinajstić information content (AvgIpc) is 2.72. The molecule has 1 aliphatic heterocycles. The van der Waals surface area contributed by atoms with E-state index < -0.39 is 22.7 Å². The van der Waals surface area contributed by atoms with Gasteiger partial charge in [-0.3, -0.25) is 4.79 Å². The third-order valence-corrected chi connectivity index (χ3v) is 7.23. The van der Waals surface area contributed by atoms with Crippen LogP contribution in [0.3, 0.4) is 0 Å². The lowest BCUT2D eigenvalue weighted by molar-refractivity contribution is -0.149. The van der Waals surface area contributed by atoms with Crippen LogP contribution in [-0.4, -0.2) is 40.3 Å². The van der Waals surface area contributed by atoms with E-state index >= 15 is 0 Å². The maximum atomic E-state index is 12.7. The van der Waals surface area contributed by atoms with Gasteiger partial charge in [0, 0.05) is 18.1 Å². The summed E-state index contributed by atoms with van der Waals surface area (Å²) < 4.78 is 58.0. The fourth-order valence-electron chi connectivity index (χ4n) is 4.09. The highest BCUT2D eigenvalue weighted by atomic mass is 32.2. The Kier molecular flexibility index (Phi) is 8.03. The number of halogens is 2. The highest BCUT2D eigenvalue weighted by molar-refractivity contribution is 7.91. The van der Waals surface area contributed by atoms with Crippen molar-refractivity contribution in [2.24, 2.45) is 16.2 Å². The molecule has 1 aromatic rings. The molecule has 0 saturated heterocycles. The molecule has 1 aromatic carbocycles. The lowest BCUT2D eigenvalue weighted by Crippen LogP contribution is -2.38. The van der Waals surface area contributed by atoms with Crippen LogP contribution in [0, 0.1) is 11.8 Å². The van der Waals surface area contributed by atoms with Crippen LogP contribution < -0.4 is 9.47 Å². The van der Waals surface area contributed by atoms with Gasteiger partial charge in [-0.05, 0) is 71.4 Å². The molecule has 0 spiro atoms. The molecule has 178 valence electrons. The smallest absolute Gasteiger partial charge is 0.387 e. The summed E-state index contributed by atoms with van der Waals surface area (Å²) in [4.78, 5) is 12.1. The highest BCUT2D eigenvalue weighted by Crippen LogP contribution is 2.40. The molecule has 3 rings (SSSR count). The molecule has 32 heavy (non-hydrogen) atoms. The van der Waals surface area contributed by atoms with Gasteiger partial charge in [-0.2, -0.15) is 8.78 Å². The van der Waals surface area contributed by atoms with Gasteiger partial charge in [0.15, 0.2) is 0 Å². The molecular weight excluding hydrogens is 440 g/mol. The number of nitrogens with zero attached hydrogens (tertiary/aromatic N) is 1. The number of alkyl halides is 2. The minimum absolute atomic E-state index is 0.00159. The first-order valence-corrected chi connectivity index (χ1v) is 12.1. The summed E-state index contributed by atoms with van der Waals surface area (Å²) in [5.41, 5.74) is 1.28. The molecule has 1 fully saturated rings. The Morgan fingerprint density at radius 2 is 1.97 bits per heavy atom. The van der Waals surface area contributed by atoms with Crippen molar-refractivity contribution in [3.63, 3.8) is 0 Å². The fourth-order valence-corrected chi connectivity index (χ4v) is 4.74. The zero-order chi connectivity index (χ0) is 23.5. The van der Waals surface area contributed by atoms with Gasteiger partial charge >= 0.3 is 12.6 Å². The van der Waals surface area contributed by atoms with E-state index in [0.29, 0.717) is 42.9 Å². The second-order valence-corrected chi connectivity index (χ2v) is 11.1. The summed E-state index contributed by atoms with van der Waals surface area (Å²) in [6.45, 7) is 4.77. The predicted molar refractivity (Wildman–Crippen MR) is 119 cm³/mol. The Morgan fingerprint density at radius 1 is 1.28 bits per heavy atom. The van der Waals surface area contributed by atoms with E-state index in [-0.39, 0.29) is 29.7 Å². The first-order chi connectivity index (χ1) is 15.1. The summed E-state index contributed by atoms with van der Waals surface area (Å²) in [7, 11) is 0. The molecule has 2 aliphatic rings. The Morgan fingerprint density at radius 3 is 2.56 bits per heavy atom. The number of esters is 1. The largest absolute Gasteiger partial charge is 0.591 e. The number of ether oxygens (including phenoxy) is 3. The van der Waals surface area contributed by atoms with Crippen LogP contribution >= 0.6 is 0 Å². The van der Waals surface area contributed by atoms with E-state index in [1.54, 1.807) is 13.0 Å². The second kappa shape index (κ2) is 10.4. The molecular formula is C23H31F2NO5S. The predicted octanol–water partition coefficient (Wildman–Crippen LogP) is 5.06. The van der Waals surface area contributed by atoms with Crippen molar-refractivity contribution in [3.8, 4) is 11.5 Å². The molecule has 6 nitrogen and oxygen atoms in total. The number of fused-ring (bicyclic) bond motifs is 1. The maximum absolute atomic E-state index is 12.7. The minimum atomic E-state index is -2.94. The molecule has 0 aromatic heterocycles. The van der Waals surface area contributed by atoms with Gasteiger partial charge in [0.2, 0.25) is 0 Å². The van der Waals surface area contributed by atoms with Crippen molar-refractivity contribution in [2.75, 3.05) is 6.61 Å². The normalized spacial score (nSPS) is 25.8. The van der Waals surface area contributed by atoms with Crippen LogP contribution in [0.5, 0.6) is 11.5 Å². The van der Waals surface area contributed by atoms with E-state index in [4.69, 9.17) is 9.47 Å². The summed E-state index contributed by atoms with van der Waals surface area (Å²) in [6.07, 6.45) is 3.22. The number of hydrogen-bond donors (Lipinski definition) is 0. The van der Waals surface area contributed by atoms with Crippen LogP contribution in [-0.2, 0) is 20.9 Å². The SMILES string of the molecule is CCOC(=O)C1CCC([C@@H]2CC(=N[S@+]([O-])C(C)(C)C)c3ccc(OC(F)F)cc3O2)CC1. The number of carbonyl (C=O) groups is 1. The number of carbonyl (C=O) groups excluding carboxylic acids is 1. The van der Waals surface area contributed by atoms with Gasteiger partial charge in [0.25, 0.3) is 0 Å². The number of rotatable bonds is 6. The summed E-state index contributed by atoms with van der Waals surface area (Å²) >= 11 is -1.47. The summed E-state index contributed by atoms with van der Waals surface area (Å²) in [5.74, 6) is 0.312. The van der Waals surface area contributed by atoms with Crippen LogP contribution in [0.1, 0.15) is 65.4 Å². The molecule has 0 N–H and O–H groups in total. The topological polar surface area (TPSA) is 80.2 Å². The van der Waals surface area contributed by atoms with Crippen molar-refractivity contribution in [3.05, 3.63) is 23.8 Å². The van der Waals surface area contributed by atoms with E-state index in [9.17, 15) is 18.1 Å². The lowest BCUT2D eigenvalue weighted by atomic mass is 9.77. The fraction of sp³-hybridized carbons (Fsp3) is 0.652. The van der Waals surface area contributed by atoms with Crippen LogP contribution in [0.15, 0.2) is 22.6 Å². The zero-order valence-electron chi connectivity index (χ0n) is 18.9. The molecule has 0 radical (unpaired) electrons. The Hall–Kier alpha value is -1.87.